The lowest BCUT2D eigenvalue weighted by Gasteiger charge is -2.10. The van der Waals surface area contributed by atoms with E-state index in [4.69, 9.17) is 9.97 Å². The van der Waals surface area contributed by atoms with Crippen LogP contribution in [-0.4, -0.2) is 9.97 Å². The van der Waals surface area contributed by atoms with Gasteiger partial charge in [-0.15, -0.1) is 0 Å². The zero-order valence-corrected chi connectivity index (χ0v) is 15.5. The van der Waals surface area contributed by atoms with Gasteiger partial charge < -0.3 is 0 Å². The van der Waals surface area contributed by atoms with E-state index < -0.39 is 0 Å². The SMILES string of the molecule is [CH]1Cc2cccc(c2)-c2cccc(n2)[CH]c2cccc(c2)-c2cccc(n2)C1. The van der Waals surface area contributed by atoms with Crippen LogP contribution in [0.2, 0.25) is 0 Å². The Morgan fingerprint density at radius 2 is 1.36 bits per heavy atom. The first-order valence-corrected chi connectivity index (χ1v) is 9.63. The van der Waals surface area contributed by atoms with Gasteiger partial charge >= 0.3 is 0 Å². The standard InChI is InChI=1S/C26H20N2/c1-6-19-7-3-11-23-12-4-14-25(27-23)22-10-2-8-20(17-22)18-24-13-5-15-26(28-24)21(9-1)16-19/h1-6,8-10,12-18H,7,11H2. The molecule has 5 rings (SSSR count). The van der Waals surface area contributed by atoms with Crippen molar-refractivity contribution in [2.45, 2.75) is 12.8 Å². The summed E-state index contributed by atoms with van der Waals surface area (Å²) in [5, 5.41) is 0. The summed E-state index contributed by atoms with van der Waals surface area (Å²) in [6, 6.07) is 29.6. The summed E-state index contributed by atoms with van der Waals surface area (Å²) in [4.78, 5) is 9.74. The minimum atomic E-state index is 0.859. The number of hydrogen-bond acceptors (Lipinski definition) is 2. The fraction of sp³-hybridized carbons (Fsp3) is 0.0769. The molecule has 2 radical (unpaired) electrons. The Labute approximate surface area is 165 Å². The van der Waals surface area contributed by atoms with Crippen molar-refractivity contribution in [2.24, 2.45) is 0 Å². The lowest BCUT2D eigenvalue weighted by Crippen LogP contribution is -1.98. The van der Waals surface area contributed by atoms with Crippen molar-refractivity contribution in [2.75, 3.05) is 0 Å². The number of aromatic nitrogens is 2. The number of pyridine rings is 2. The summed E-state index contributed by atoms with van der Waals surface area (Å²) < 4.78 is 0. The molecule has 1 aliphatic heterocycles. The second-order valence-corrected chi connectivity index (χ2v) is 7.13. The Balaban J connectivity index is 1.62. The quantitative estimate of drug-likeness (QED) is 0.401. The van der Waals surface area contributed by atoms with E-state index in [1.165, 1.54) is 5.56 Å². The van der Waals surface area contributed by atoms with Crippen molar-refractivity contribution < 1.29 is 0 Å². The van der Waals surface area contributed by atoms with E-state index in [9.17, 15) is 0 Å². The Kier molecular flexibility index (Phi) is 4.46. The first-order valence-electron chi connectivity index (χ1n) is 9.63. The highest BCUT2D eigenvalue weighted by atomic mass is 14.7. The lowest BCUT2D eigenvalue weighted by atomic mass is 10.0. The molecule has 4 aromatic rings. The first kappa shape index (κ1) is 16.9. The monoisotopic (exact) mass is 360 g/mol. The Bertz CT molecular complexity index is 1040. The molecule has 0 spiro atoms. The summed E-state index contributed by atoms with van der Waals surface area (Å²) in [5.74, 6) is 0. The molecule has 0 atom stereocenters. The van der Waals surface area contributed by atoms with Crippen molar-refractivity contribution in [3.63, 3.8) is 0 Å². The van der Waals surface area contributed by atoms with Gasteiger partial charge in [-0.3, -0.25) is 9.97 Å². The highest BCUT2D eigenvalue weighted by Gasteiger charge is 2.08. The maximum absolute atomic E-state index is 4.87. The van der Waals surface area contributed by atoms with Crippen LogP contribution >= 0.6 is 0 Å². The maximum atomic E-state index is 4.87. The predicted octanol–water partition coefficient (Wildman–Crippen LogP) is 5.71. The van der Waals surface area contributed by atoms with E-state index in [-0.39, 0.29) is 0 Å². The topological polar surface area (TPSA) is 25.8 Å². The van der Waals surface area contributed by atoms with Crippen molar-refractivity contribution >= 4 is 0 Å². The number of rotatable bonds is 0. The van der Waals surface area contributed by atoms with Crippen molar-refractivity contribution in [3.8, 4) is 22.5 Å². The predicted molar refractivity (Wildman–Crippen MR) is 114 cm³/mol. The zero-order chi connectivity index (χ0) is 18.8. The molecule has 0 amide bonds. The van der Waals surface area contributed by atoms with Gasteiger partial charge in [-0.1, -0.05) is 48.5 Å². The number of benzene rings is 2. The fourth-order valence-corrected chi connectivity index (χ4v) is 3.65. The molecule has 134 valence electrons. The number of hydrogen-bond donors (Lipinski definition) is 0. The van der Waals surface area contributed by atoms with Crippen molar-refractivity contribution in [1.82, 2.24) is 9.97 Å². The van der Waals surface area contributed by atoms with Crippen LogP contribution in [0, 0.1) is 12.8 Å². The average Bonchev–Trinajstić information content (AvgIpc) is 2.74. The van der Waals surface area contributed by atoms with Crippen molar-refractivity contribution in [1.29, 1.82) is 0 Å². The second-order valence-electron chi connectivity index (χ2n) is 7.13. The molecule has 2 aromatic carbocycles. The second kappa shape index (κ2) is 7.40. The highest BCUT2D eigenvalue weighted by molar-refractivity contribution is 5.63. The third kappa shape index (κ3) is 3.59. The van der Waals surface area contributed by atoms with Crippen LogP contribution in [0.1, 0.15) is 22.5 Å². The summed E-state index contributed by atoms with van der Waals surface area (Å²) in [6.07, 6.45) is 6.20. The Hall–Kier alpha value is -3.26. The highest BCUT2D eigenvalue weighted by Crippen LogP contribution is 2.24. The molecule has 0 N–H and O–H groups in total. The first-order chi connectivity index (χ1) is 13.8. The molecule has 0 saturated carbocycles. The van der Waals surface area contributed by atoms with Crippen LogP contribution in [-0.2, 0) is 12.8 Å². The average molecular weight is 360 g/mol. The van der Waals surface area contributed by atoms with Gasteiger partial charge in [0.25, 0.3) is 0 Å². The van der Waals surface area contributed by atoms with Crippen LogP contribution < -0.4 is 0 Å². The van der Waals surface area contributed by atoms with Crippen LogP contribution in [0.5, 0.6) is 0 Å². The third-order valence-electron chi connectivity index (χ3n) is 5.03. The minimum Gasteiger partial charge on any atom is -0.253 e. The van der Waals surface area contributed by atoms with Gasteiger partial charge in [0.2, 0.25) is 0 Å². The van der Waals surface area contributed by atoms with Crippen LogP contribution in [0.25, 0.3) is 22.5 Å². The number of nitrogens with zero attached hydrogens (tertiary/aromatic N) is 2. The van der Waals surface area contributed by atoms with Gasteiger partial charge in [-0.2, -0.15) is 0 Å². The molecule has 3 heterocycles. The lowest BCUT2D eigenvalue weighted by molar-refractivity contribution is 0.982. The number of fused-ring (bicyclic) bond motifs is 10. The zero-order valence-electron chi connectivity index (χ0n) is 15.5. The molecule has 1 aliphatic rings. The van der Waals surface area contributed by atoms with Crippen LogP contribution in [0.3, 0.4) is 0 Å². The Morgan fingerprint density at radius 1 is 0.607 bits per heavy atom. The summed E-state index contributed by atoms with van der Waals surface area (Å²) in [6.45, 7) is 0. The Morgan fingerprint density at radius 3 is 2.29 bits per heavy atom. The van der Waals surface area contributed by atoms with E-state index in [1.807, 2.05) is 0 Å². The van der Waals surface area contributed by atoms with Gasteiger partial charge in [0, 0.05) is 28.9 Å². The molecule has 2 aromatic heterocycles. The third-order valence-corrected chi connectivity index (χ3v) is 5.03. The van der Waals surface area contributed by atoms with Gasteiger partial charge in [0.1, 0.15) is 0 Å². The fourth-order valence-electron chi connectivity index (χ4n) is 3.65. The molecule has 0 aliphatic carbocycles. The molecule has 8 bridgehead atoms. The molecule has 2 nitrogen and oxygen atoms in total. The van der Waals surface area contributed by atoms with E-state index in [0.29, 0.717) is 0 Å². The molecular weight excluding hydrogens is 340 g/mol. The van der Waals surface area contributed by atoms with Gasteiger partial charge in [0.05, 0.1) is 11.4 Å². The summed E-state index contributed by atoms with van der Waals surface area (Å²) in [7, 11) is 0. The minimum absolute atomic E-state index is 0.859. The van der Waals surface area contributed by atoms with E-state index >= 15 is 0 Å². The molecule has 0 saturated heterocycles. The van der Waals surface area contributed by atoms with Crippen LogP contribution in [0.4, 0.5) is 0 Å². The largest absolute Gasteiger partial charge is 0.253 e. The molecule has 0 unspecified atom stereocenters. The van der Waals surface area contributed by atoms with Crippen LogP contribution in [0.15, 0.2) is 84.9 Å². The summed E-state index contributed by atoms with van der Waals surface area (Å²) in [5.41, 5.74) is 8.78. The van der Waals surface area contributed by atoms with Crippen molar-refractivity contribution in [3.05, 3.63) is 120 Å². The normalized spacial score (nSPS) is 13.1. The van der Waals surface area contributed by atoms with Gasteiger partial charge in [0.15, 0.2) is 0 Å². The molecule has 28 heavy (non-hydrogen) atoms. The van der Waals surface area contributed by atoms with E-state index in [2.05, 4.69) is 97.8 Å². The maximum Gasteiger partial charge on any atom is 0.0705 e. The smallest absolute Gasteiger partial charge is 0.0705 e. The molecule has 0 fully saturated rings. The van der Waals surface area contributed by atoms with Gasteiger partial charge in [-0.05, 0) is 66.8 Å². The molecular formula is C26H20N2. The van der Waals surface area contributed by atoms with E-state index in [0.717, 1.165) is 52.3 Å². The van der Waals surface area contributed by atoms with Gasteiger partial charge in [-0.25, -0.2) is 0 Å². The summed E-state index contributed by atoms with van der Waals surface area (Å²) >= 11 is 0. The molecule has 2 heteroatoms. The van der Waals surface area contributed by atoms with E-state index in [1.54, 1.807) is 0 Å².